The second kappa shape index (κ2) is 5.21. The Kier molecular flexibility index (Phi) is 3.67. The summed E-state index contributed by atoms with van der Waals surface area (Å²) in [6.45, 7) is 1.78. The Balaban J connectivity index is 1.73. The minimum Gasteiger partial charge on any atom is -0.312 e. The van der Waals surface area contributed by atoms with Crippen molar-refractivity contribution < 1.29 is 4.39 Å². The van der Waals surface area contributed by atoms with E-state index in [-0.39, 0.29) is 5.82 Å². The van der Waals surface area contributed by atoms with Crippen molar-refractivity contribution in [3.05, 3.63) is 29.8 Å². The van der Waals surface area contributed by atoms with Gasteiger partial charge >= 0.3 is 0 Å². The summed E-state index contributed by atoms with van der Waals surface area (Å²) in [6, 6.07) is 1.54. The first-order chi connectivity index (χ1) is 7.34. The molecule has 0 bridgehead atoms. The van der Waals surface area contributed by atoms with E-state index in [0.717, 1.165) is 24.6 Å². The van der Waals surface area contributed by atoms with Gasteiger partial charge in [-0.15, -0.1) is 0 Å². The van der Waals surface area contributed by atoms with Crippen LogP contribution in [0.4, 0.5) is 4.39 Å². The molecule has 1 fully saturated rings. The summed E-state index contributed by atoms with van der Waals surface area (Å²) in [4.78, 5) is 3.82. The monoisotopic (exact) mass is 208 g/mol. The molecule has 82 valence electrons. The van der Waals surface area contributed by atoms with Crippen LogP contribution < -0.4 is 5.32 Å². The third-order valence-corrected chi connectivity index (χ3v) is 3.00. The summed E-state index contributed by atoms with van der Waals surface area (Å²) in [6.07, 6.45) is 8.37. The van der Waals surface area contributed by atoms with E-state index in [1.165, 1.54) is 37.9 Å². The van der Waals surface area contributed by atoms with E-state index in [4.69, 9.17) is 0 Å². The zero-order chi connectivity index (χ0) is 10.5. The van der Waals surface area contributed by atoms with E-state index in [0.29, 0.717) is 0 Å². The number of hydrogen-bond donors (Lipinski definition) is 1. The zero-order valence-electron chi connectivity index (χ0n) is 8.88. The Morgan fingerprint density at radius 2 is 2.13 bits per heavy atom. The topological polar surface area (TPSA) is 24.9 Å². The third-order valence-electron chi connectivity index (χ3n) is 3.00. The largest absolute Gasteiger partial charge is 0.312 e. The predicted molar refractivity (Wildman–Crippen MR) is 57.9 cm³/mol. The van der Waals surface area contributed by atoms with E-state index in [2.05, 4.69) is 10.3 Å². The molecule has 0 aromatic carbocycles. The molecule has 1 aromatic rings. The normalized spacial score (nSPS) is 17.1. The molecule has 15 heavy (non-hydrogen) atoms. The Labute approximate surface area is 89.9 Å². The minimum atomic E-state index is -0.254. The smallest absolute Gasteiger partial charge is 0.141 e. The molecule has 0 spiro atoms. The summed E-state index contributed by atoms with van der Waals surface area (Å²) in [7, 11) is 0. The summed E-state index contributed by atoms with van der Waals surface area (Å²) >= 11 is 0. The lowest BCUT2D eigenvalue weighted by Crippen LogP contribution is -2.20. The number of halogens is 1. The molecule has 1 aliphatic carbocycles. The summed E-state index contributed by atoms with van der Waals surface area (Å²) in [5.74, 6) is 0.571. The Morgan fingerprint density at radius 3 is 2.87 bits per heavy atom. The van der Waals surface area contributed by atoms with Crippen LogP contribution >= 0.6 is 0 Å². The molecule has 0 aliphatic heterocycles. The first-order valence-corrected chi connectivity index (χ1v) is 5.65. The zero-order valence-corrected chi connectivity index (χ0v) is 8.88. The van der Waals surface area contributed by atoms with Crippen LogP contribution in [0.3, 0.4) is 0 Å². The Morgan fingerprint density at radius 1 is 1.33 bits per heavy atom. The Bertz CT molecular complexity index is 308. The lowest BCUT2D eigenvalue weighted by Gasteiger charge is -2.10. The van der Waals surface area contributed by atoms with Gasteiger partial charge in [-0.25, -0.2) is 4.39 Å². The first kappa shape index (κ1) is 10.6. The van der Waals surface area contributed by atoms with E-state index >= 15 is 0 Å². The summed E-state index contributed by atoms with van der Waals surface area (Å²) in [5, 5.41) is 3.36. The van der Waals surface area contributed by atoms with Crippen LogP contribution in [0.5, 0.6) is 0 Å². The van der Waals surface area contributed by atoms with Crippen LogP contribution in [-0.2, 0) is 6.54 Å². The molecule has 0 atom stereocenters. The lowest BCUT2D eigenvalue weighted by atomic mass is 10.1. The van der Waals surface area contributed by atoms with Gasteiger partial charge in [0.25, 0.3) is 0 Å². The van der Waals surface area contributed by atoms with Crippen LogP contribution in [0.2, 0.25) is 0 Å². The van der Waals surface area contributed by atoms with Gasteiger partial charge in [0.05, 0.1) is 6.20 Å². The van der Waals surface area contributed by atoms with Crippen molar-refractivity contribution in [2.75, 3.05) is 6.54 Å². The molecule has 0 radical (unpaired) electrons. The average Bonchev–Trinajstić information content (AvgIpc) is 2.71. The van der Waals surface area contributed by atoms with Crippen LogP contribution in [-0.4, -0.2) is 11.5 Å². The molecule has 2 rings (SSSR count). The number of aromatic nitrogens is 1. The van der Waals surface area contributed by atoms with Crippen molar-refractivity contribution in [1.82, 2.24) is 10.3 Å². The van der Waals surface area contributed by atoms with Crippen molar-refractivity contribution in [3.8, 4) is 0 Å². The minimum absolute atomic E-state index is 0.254. The number of nitrogens with zero attached hydrogens (tertiary/aromatic N) is 1. The van der Waals surface area contributed by atoms with Gasteiger partial charge in [0.15, 0.2) is 0 Å². The predicted octanol–water partition coefficient (Wildman–Crippen LogP) is 2.50. The highest BCUT2D eigenvalue weighted by Crippen LogP contribution is 2.23. The summed E-state index contributed by atoms with van der Waals surface area (Å²) in [5.41, 5.74) is 0.924. The van der Waals surface area contributed by atoms with Crippen LogP contribution in [0.1, 0.15) is 31.2 Å². The SMILES string of the molecule is Fc1cncc(CNCC2CCCC2)c1. The second-order valence-electron chi connectivity index (χ2n) is 4.29. The van der Waals surface area contributed by atoms with Gasteiger partial charge in [0.1, 0.15) is 5.82 Å². The number of nitrogens with one attached hydrogen (secondary N) is 1. The van der Waals surface area contributed by atoms with E-state index in [1.54, 1.807) is 6.20 Å². The van der Waals surface area contributed by atoms with Gasteiger partial charge in [0, 0.05) is 12.7 Å². The second-order valence-corrected chi connectivity index (χ2v) is 4.29. The van der Waals surface area contributed by atoms with Crippen LogP contribution in [0.15, 0.2) is 18.5 Å². The van der Waals surface area contributed by atoms with Crippen molar-refractivity contribution >= 4 is 0 Å². The van der Waals surface area contributed by atoms with E-state index in [9.17, 15) is 4.39 Å². The fourth-order valence-corrected chi connectivity index (χ4v) is 2.19. The Hall–Kier alpha value is -0.960. The van der Waals surface area contributed by atoms with E-state index in [1.807, 2.05) is 0 Å². The average molecular weight is 208 g/mol. The van der Waals surface area contributed by atoms with Crippen molar-refractivity contribution in [2.45, 2.75) is 32.2 Å². The van der Waals surface area contributed by atoms with Crippen LogP contribution in [0, 0.1) is 11.7 Å². The molecule has 1 aliphatic rings. The molecule has 0 unspecified atom stereocenters. The van der Waals surface area contributed by atoms with E-state index < -0.39 is 0 Å². The maximum Gasteiger partial charge on any atom is 0.141 e. The fourth-order valence-electron chi connectivity index (χ4n) is 2.19. The van der Waals surface area contributed by atoms with Gasteiger partial charge in [-0.2, -0.15) is 0 Å². The maximum atomic E-state index is 12.8. The number of rotatable bonds is 4. The van der Waals surface area contributed by atoms with Crippen molar-refractivity contribution in [2.24, 2.45) is 5.92 Å². The first-order valence-electron chi connectivity index (χ1n) is 5.65. The van der Waals surface area contributed by atoms with Gasteiger partial charge < -0.3 is 5.32 Å². The molecular formula is C12H17FN2. The van der Waals surface area contributed by atoms with Gasteiger partial charge in [-0.1, -0.05) is 12.8 Å². The van der Waals surface area contributed by atoms with Crippen LogP contribution in [0.25, 0.3) is 0 Å². The highest BCUT2D eigenvalue weighted by atomic mass is 19.1. The van der Waals surface area contributed by atoms with Gasteiger partial charge in [-0.3, -0.25) is 4.98 Å². The highest BCUT2D eigenvalue weighted by molar-refractivity contribution is 5.09. The molecule has 0 amide bonds. The number of hydrogen-bond acceptors (Lipinski definition) is 2. The quantitative estimate of drug-likeness (QED) is 0.822. The van der Waals surface area contributed by atoms with Gasteiger partial charge in [-0.05, 0) is 36.9 Å². The molecule has 2 nitrogen and oxygen atoms in total. The van der Waals surface area contributed by atoms with Crippen molar-refractivity contribution in [1.29, 1.82) is 0 Å². The molecule has 1 N–H and O–H groups in total. The fraction of sp³-hybridized carbons (Fsp3) is 0.583. The standard InChI is InChI=1S/C12H17FN2/c13-12-5-11(8-15-9-12)7-14-6-10-3-1-2-4-10/h5,8-10,14H,1-4,6-7H2. The number of pyridine rings is 1. The highest BCUT2D eigenvalue weighted by Gasteiger charge is 2.13. The van der Waals surface area contributed by atoms with Crippen molar-refractivity contribution in [3.63, 3.8) is 0 Å². The molecule has 1 saturated carbocycles. The molecule has 0 saturated heterocycles. The molecule has 1 heterocycles. The third kappa shape index (κ3) is 3.27. The molecular weight excluding hydrogens is 191 g/mol. The lowest BCUT2D eigenvalue weighted by molar-refractivity contribution is 0.488. The molecule has 3 heteroatoms. The summed E-state index contributed by atoms with van der Waals surface area (Å²) < 4.78 is 12.8. The maximum absolute atomic E-state index is 12.8. The van der Waals surface area contributed by atoms with Gasteiger partial charge in [0.2, 0.25) is 0 Å². The molecule has 1 aromatic heterocycles.